The summed E-state index contributed by atoms with van der Waals surface area (Å²) in [6.07, 6.45) is 0.790. The van der Waals surface area contributed by atoms with Crippen molar-refractivity contribution in [2.45, 2.75) is 19.1 Å². The van der Waals surface area contributed by atoms with Crippen molar-refractivity contribution >= 4 is 0 Å². The van der Waals surface area contributed by atoms with Crippen molar-refractivity contribution in [2.24, 2.45) is 0 Å². The van der Waals surface area contributed by atoms with E-state index >= 15 is 0 Å². The molecule has 0 amide bonds. The Kier molecular flexibility index (Phi) is 14.7. The van der Waals surface area contributed by atoms with Gasteiger partial charge in [-0.15, -0.1) is 0 Å². The highest BCUT2D eigenvalue weighted by Gasteiger charge is 2.06. The summed E-state index contributed by atoms with van der Waals surface area (Å²) < 4.78 is 0. The van der Waals surface area contributed by atoms with E-state index in [0.29, 0.717) is 0 Å². The molecule has 0 saturated heterocycles. The molecule has 0 saturated carbocycles. The molecule has 0 aliphatic carbocycles. The van der Waals surface area contributed by atoms with Gasteiger partial charge in [0.2, 0.25) is 0 Å². The number of hydrogen-bond donors (Lipinski definition) is 2. The second-order valence-electron chi connectivity index (χ2n) is 3.33. The Bertz CT molecular complexity index is 863. The molecule has 4 N–H and O–H groups in total. The fraction of sp³-hybridized carbons (Fsp3) is 0.167. The zero-order valence-electron chi connectivity index (χ0n) is 11.5. The molecule has 2 atom stereocenters. The highest BCUT2D eigenvalue weighted by atomic mass is 35.5. The van der Waals surface area contributed by atoms with Gasteiger partial charge in [0.05, 0.1) is 0 Å². The van der Waals surface area contributed by atoms with Crippen molar-refractivity contribution in [1.29, 1.82) is 0 Å². The molecule has 0 spiro atoms. The monoisotopic (exact) mass is 323 g/mol. The Morgan fingerprint density at radius 1 is 0.905 bits per heavy atom. The highest BCUT2D eigenvalue weighted by Crippen LogP contribution is 1.86. The van der Waals surface area contributed by atoms with E-state index < -0.39 is 6.10 Å². The standard InChI is InChI=1S/C18H11NO.ClH.15H2/c1-3-4-5-6-7-8-9-10-11-12-13-14-15-16-18(20)17(2)19;;;;;;;;;;;;;;;;/h16-18,20H,1,19H2,2H3;16*1H/t17-,18-;;;;;;;;;;;;;;;;/m0................/s1. The van der Waals surface area contributed by atoms with Gasteiger partial charge < -0.3 is 23.2 Å². The lowest BCUT2D eigenvalue weighted by Crippen LogP contribution is -3.00. The fourth-order valence-electron chi connectivity index (χ4n) is 0.653. The lowest BCUT2D eigenvalue weighted by atomic mass is 10.2. The number of aliphatic hydroxyl groups excluding tert-OH is 1. The van der Waals surface area contributed by atoms with Crippen molar-refractivity contribution < 1.29 is 44.6 Å². The minimum Gasteiger partial charge on any atom is -1.00 e. The molecule has 132 valence electrons. The van der Waals surface area contributed by atoms with Crippen molar-refractivity contribution in [3.63, 3.8) is 0 Å². The van der Waals surface area contributed by atoms with E-state index in [0.717, 1.165) is 0 Å². The molecule has 0 fully saturated rings. The zero-order chi connectivity index (χ0) is 15.1. The van der Waals surface area contributed by atoms with Gasteiger partial charge in [-0.05, 0) is 76.5 Å². The molecular weight excluding hydrogens is 282 g/mol. The molecular formula is C18H42ClNO. The Labute approximate surface area is 152 Å². The van der Waals surface area contributed by atoms with Gasteiger partial charge in [-0.2, -0.15) is 0 Å². The lowest BCUT2D eigenvalue weighted by molar-refractivity contribution is -0.427. The summed E-state index contributed by atoms with van der Waals surface area (Å²) in [7, 11) is 0. The van der Waals surface area contributed by atoms with E-state index in [1.807, 2.05) is 0 Å². The van der Waals surface area contributed by atoms with Crippen LogP contribution in [0.2, 0.25) is 0 Å². The van der Waals surface area contributed by atoms with Crippen LogP contribution in [0.1, 0.15) is 28.3 Å². The van der Waals surface area contributed by atoms with Crippen LogP contribution in [0.15, 0.2) is 87.2 Å². The first-order chi connectivity index (χ1) is 9.68. The molecule has 3 heteroatoms. The van der Waals surface area contributed by atoms with Gasteiger partial charge in [0, 0.05) is 27.5 Å². The molecule has 0 rings (SSSR count). The third-order valence-corrected chi connectivity index (χ3v) is 1.62. The average molecular weight is 324 g/mol. The van der Waals surface area contributed by atoms with E-state index in [9.17, 15) is 5.11 Å². The Hall–Kier alpha value is -2.91. The summed E-state index contributed by atoms with van der Waals surface area (Å²) in [5.74, 6) is 0. The molecule has 2 nitrogen and oxygen atoms in total. The van der Waals surface area contributed by atoms with Crippen molar-refractivity contribution in [2.75, 3.05) is 0 Å². The van der Waals surface area contributed by atoms with Crippen LogP contribution in [0.25, 0.3) is 0 Å². The van der Waals surface area contributed by atoms with Gasteiger partial charge in [0.1, 0.15) is 12.1 Å². The third-order valence-electron chi connectivity index (χ3n) is 1.62. The molecule has 0 radical (unpaired) electrons. The van der Waals surface area contributed by atoms with Crippen LogP contribution in [0.4, 0.5) is 0 Å². The van der Waals surface area contributed by atoms with Crippen molar-refractivity contribution in [1.82, 2.24) is 0 Å². The van der Waals surface area contributed by atoms with Gasteiger partial charge >= 0.3 is 0 Å². The number of halogens is 1. The SMILES string of the molecule is C=C=C=C=C=C=C=C=C=C=C=C=C=C=C[C@H](O)[C@H](C)[NH3+].[Cl-].[HH].[HH].[HH].[HH].[HH].[HH].[HH].[HH].[HH].[HH].[HH].[HH].[HH].[HH].[HH]. The maximum atomic E-state index is 9.36. The van der Waals surface area contributed by atoms with Gasteiger partial charge in [-0.3, -0.25) is 0 Å². The summed E-state index contributed by atoms with van der Waals surface area (Å²) in [5.41, 5.74) is 36.0. The molecule has 0 unspecified atom stereocenters. The highest BCUT2D eigenvalue weighted by molar-refractivity contribution is 4.94. The van der Waals surface area contributed by atoms with Crippen LogP contribution < -0.4 is 18.1 Å². The third kappa shape index (κ3) is 15.0. The number of rotatable bonds is 2. The topological polar surface area (TPSA) is 47.9 Å². The normalized spacial score (nSPS) is 8.52. The largest absolute Gasteiger partial charge is 1.00 e. The maximum absolute atomic E-state index is 9.36. The van der Waals surface area contributed by atoms with E-state index in [4.69, 9.17) is 0 Å². The summed E-state index contributed by atoms with van der Waals surface area (Å²) >= 11 is 0. The van der Waals surface area contributed by atoms with Crippen LogP contribution >= 0.6 is 0 Å². The van der Waals surface area contributed by atoms with Crippen LogP contribution in [-0.4, -0.2) is 17.3 Å². The number of aliphatic hydroxyl groups is 1. The van der Waals surface area contributed by atoms with Crippen LogP contribution in [-0.2, 0) is 0 Å². The van der Waals surface area contributed by atoms with E-state index in [2.05, 4.69) is 86.8 Å². The van der Waals surface area contributed by atoms with Crippen molar-refractivity contribution in [3.05, 3.63) is 87.2 Å². The molecule has 0 bridgehead atoms. The van der Waals surface area contributed by atoms with Gasteiger partial charge in [0.15, 0.2) is 0 Å². The van der Waals surface area contributed by atoms with E-state index in [1.165, 1.54) is 6.08 Å². The summed E-state index contributed by atoms with van der Waals surface area (Å²) in [5, 5.41) is 9.36. The van der Waals surface area contributed by atoms with Crippen LogP contribution in [0.5, 0.6) is 0 Å². The molecule has 0 aliphatic heterocycles. The lowest BCUT2D eigenvalue weighted by Gasteiger charge is -2.02. The van der Waals surface area contributed by atoms with Crippen LogP contribution in [0, 0.1) is 0 Å². The maximum Gasteiger partial charge on any atom is 0.131 e. The average Bonchev–Trinajstić information content (AvgIpc) is 2.43. The quantitative estimate of drug-likeness (QED) is 0.749. The second kappa shape index (κ2) is 15.1. The van der Waals surface area contributed by atoms with Gasteiger partial charge in [0.25, 0.3) is 0 Å². The van der Waals surface area contributed by atoms with Gasteiger partial charge in [-0.25, -0.2) is 0 Å². The number of hydrogen-bond acceptors (Lipinski definition) is 1. The minimum absolute atomic E-state index is 0. The number of quaternary nitrogens is 1. The van der Waals surface area contributed by atoms with Crippen molar-refractivity contribution in [3.8, 4) is 0 Å². The molecule has 0 aromatic rings. The molecule has 0 heterocycles. The fourth-order valence-corrected chi connectivity index (χ4v) is 0.653. The predicted molar refractivity (Wildman–Crippen MR) is 106 cm³/mol. The second-order valence-corrected chi connectivity index (χ2v) is 3.33. The summed E-state index contributed by atoms with van der Waals surface area (Å²) in [4.78, 5) is 0. The first-order valence-electron chi connectivity index (χ1n) is 5.55. The molecule has 0 aromatic heterocycles. The molecule has 0 aliphatic rings. The minimum atomic E-state index is -0.651. The zero-order valence-corrected chi connectivity index (χ0v) is 12.2. The molecule has 0 aromatic carbocycles. The predicted octanol–water partition coefficient (Wildman–Crippen LogP) is 1.87. The Morgan fingerprint density at radius 3 is 1.67 bits per heavy atom. The first kappa shape index (κ1) is 20.4. The van der Waals surface area contributed by atoms with Gasteiger partial charge in [-0.1, -0.05) is 11.5 Å². The smallest absolute Gasteiger partial charge is 0.131 e. The summed E-state index contributed by atoms with van der Waals surface area (Å²) in [6.45, 7) is 5.09. The Balaban J connectivity index is -0.0000000150. The molecule has 21 heavy (non-hydrogen) atoms. The van der Waals surface area contributed by atoms with E-state index in [1.54, 1.807) is 6.92 Å². The van der Waals surface area contributed by atoms with Crippen LogP contribution in [0.3, 0.4) is 0 Å². The first-order valence-corrected chi connectivity index (χ1v) is 5.55. The van der Waals surface area contributed by atoms with E-state index in [-0.39, 0.29) is 39.8 Å². The summed E-state index contributed by atoms with van der Waals surface area (Å²) in [6, 6.07) is -0.109. The Morgan fingerprint density at radius 2 is 1.29 bits per heavy atom.